The number of hydrogen-bond donors (Lipinski definition) is 2. The number of carbonyl (C=O) groups is 1. The highest BCUT2D eigenvalue weighted by molar-refractivity contribution is 5.95. The first-order chi connectivity index (χ1) is 9.60. The normalized spacial score (nSPS) is 22.3. The molecule has 1 fully saturated rings. The van der Waals surface area contributed by atoms with Crippen molar-refractivity contribution in [2.24, 2.45) is 11.8 Å². The van der Waals surface area contributed by atoms with Crippen LogP contribution in [0.15, 0.2) is 18.2 Å². The third kappa shape index (κ3) is 3.65. The molecule has 4 heteroatoms. The lowest BCUT2D eigenvalue weighted by atomic mass is 9.82. The minimum Gasteiger partial charge on any atom is -0.495 e. The molecular weight excluding hydrogens is 252 g/mol. The quantitative estimate of drug-likeness (QED) is 0.831. The Bertz CT molecular complexity index is 474. The van der Waals surface area contributed by atoms with E-state index in [0.717, 1.165) is 12.5 Å². The Morgan fingerprint density at radius 1 is 1.45 bits per heavy atom. The molecule has 0 radical (unpaired) electrons. The van der Waals surface area contributed by atoms with E-state index in [4.69, 9.17) is 10.5 Å². The fraction of sp³-hybridized carbons (Fsp3) is 0.562. The number of nitrogens with one attached hydrogen (secondary N) is 1. The number of methoxy groups -OCH3 is 1. The maximum atomic E-state index is 12.1. The number of ether oxygens (including phenoxy) is 1. The fourth-order valence-corrected chi connectivity index (χ4v) is 2.96. The number of nitrogen functional groups attached to an aromatic ring is 1. The van der Waals surface area contributed by atoms with E-state index >= 15 is 0 Å². The summed E-state index contributed by atoms with van der Waals surface area (Å²) in [6, 6.07) is 5.14. The van der Waals surface area contributed by atoms with E-state index < -0.39 is 0 Å². The molecule has 2 unspecified atom stereocenters. The fourth-order valence-electron chi connectivity index (χ4n) is 2.96. The van der Waals surface area contributed by atoms with Crippen molar-refractivity contribution < 1.29 is 9.53 Å². The Morgan fingerprint density at radius 2 is 2.25 bits per heavy atom. The van der Waals surface area contributed by atoms with Gasteiger partial charge in [0, 0.05) is 12.1 Å². The maximum Gasteiger partial charge on any atom is 0.251 e. The maximum absolute atomic E-state index is 12.1. The zero-order chi connectivity index (χ0) is 14.5. The molecule has 110 valence electrons. The largest absolute Gasteiger partial charge is 0.495 e. The van der Waals surface area contributed by atoms with Crippen LogP contribution in [-0.4, -0.2) is 19.6 Å². The van der Waals surface area contributed by atoms with Gasteiger partial charge in [0.05, 0.1) is 12.8 Å². The van der Waals surface area contributed by atoms with Gasteiger partial charge in [-0.05, 0) is 42.9 Å². The molecule has 0 bridgehead atoms. The molecule has 4 nitrogen and oxygen atoms in total. The first kappa shape index (κ1) is 14.7. The molecule has 1 saturated carbocycles. The molecule has 0 heterocycles. The summed E-state index contributed by atoms with van der Waals surface area (Å²) in [5.74, 6) is 1.93. The number of nitrogens with two attached hydrogens (primary N) is 1. The van der Waals surface area contributed by atoms with Gasteiger partial charge in [-0.2, -0.15) is 0 Å². The molecule has 0 spiro atoms. The summed E-state index contributed by atoms with van der Waals surface area (Å²) in [6.07, 6.45) is 5.02. The highest BCUT2D eigenvalue weighted by Crippen LogP contribution is 2.28. The lowest BCUT2D eigenvalue weighted by molar-refractivity contribution is 0.0940. The second-order valence-electron chi connectivity index (χ2n) is 5.80. The molecule has 1 aromatic carbocycles. The third-order valence-corrected chi connectivity index (χ3v) is 4.09. The summed E-state index contributed by atoms with van der Waals surface area (Å²) < 4.78 is 5.09. The Morgan fingerprint density at radius 3 is 2.90 bits per heavy atom. The Labute approximate surface area is 120 Å². The van der Waals surface area contributed by atoms with E-state index in [-0.39, 0.29) is 5.91 Å². The van der Waals surface area contributed by atoms with Gasteiger partial charge >= 0.3 is 0 Å². The first-order valence-electron chi connectivity index (χ1n) is 7.32. The average molecular weight is 276 g/mol. The molecule has 1 amide bonds. The van der Waals surface area contributed by atoms with E-state index in [2.05, 4.69) is 12.2 Å². The monoisotopic (exact) mass is 276 g/mol. The van der Waals surface area contributed by atoms with Crippen LogP contribution in [0.2, 0.25) is 0 Å². The van der Waals surface area contributed by atoms with Crippen LogP contribution in [-0.2, 0) is 0 Å². The van der Waals surface area contributed by atoms with Crippen LogP contribution in [0.25, 0.3) is 0 Å². The van der Waals surface area contributed by atoms with E-state index in [9.17, 15) is 4.79 Å². The molecule has 3 N–H and O–H groups in total. The summed E-state index contributed by atoms with van der Waals surface area (Å²) in [6.45, 7) is 3.05. The van der Waals surface area contributed by atoms with Gasteiger partial charge in [-0.15, -0.1) is 0 Å². The molecule has 0 aliphatic heterocycles. The predicted octanol–water partition coefficient (Wildman–Crippen LogP) is 2.83. The van der Waals surface area contributed by atoms with E-state index in [1.54, 1.807) is 25.3 Å². The Hall–Kier alpha value is -1.71. The van der Waals surface area contributed by atoms with Crippen LogP contribution in [0.1, 0.15) is 43.0 Å². The second-order valence-corrected chi connectivity index (χ2v) is 5.80. The number of carbonyl (C=O) groups excluding carboxylic acids is 1. The van der Waals surface area contributed by atoms with Crippen LogP contribution in [0.4, 0.5) is 5.69 Å². The lowest BCUT2D eigenvalue weighted by Crippen LogP contribution is -2.31. The Balaban J connectivity index is 1.90. The molecule has 20 heavy (non-hydrogen) atoms. The highest BCUT2D eigenvalue weighted by Gasteiger charge is 2.19. The number of benzene rings is 1. The molecule has 0 aromatic heterocycles. The molecular formula is C16H24N2O2. The van der Waals surface area contributed by atoms with Crippen LogP contribution in [0.3, 0.4) is 0 Å². The molecule has 2 atom stereocenters. The van der Waals surface area contributed by atoms with Crippen molar-refractivity contribution in [1.29, 1.82) is 0 Å². The molecule has 0 saturated heterocycles. The first-order valence-corrected chi connectivity index (χ1v) is 7.32. The second kappa shape index (κ2) is 6.64. The van der Waals surface area contributed by atoms with Gasteiger partial charge in [0.2, 0.25) is 0 Å². The van der Waals surface area contributed by atoms with Crippen molar-refractivity contribution in [2.45, 2.75) is 32.6 Å². The van der Waals surface area contributed by atoms with Crippen LogP contribution in [0.5, 0.6) is 5.75 Å². The standard InChI is InChI=1S/C16H24N2O2/c1-11-4-3-5-12(8-11)10-18-16(19)13-6-7-15(20-2)14(17)9-13/h6-7,9,11-12H,3-5,8,10,17H2,1-2H3,(H,18,19). The predicted molar refractivity (Wildman–Crippen MR) is 80.9 cm³/mol. The van der Waals surface area contributed by atoms with Crippen molar-refractivity contribution in [1.82, 2.24) is 5.32 Å². The number of amides is 1. The third-order valence-electron chi connectivity index (χ3n) is 4.09. The van der Waals surface area contributed by atoms with Gasteiger partial charge in [-0.1, -0.05) is 19.8 Å². The van der Waals surface area contributed by atoms with Gasteiger partial charge in [0.15, 0.2) is 0 Å². The summed E-state index contributed by atoms with van der Waals surface area (Å²) >= 11 is 0. The molecule has 2 rings (SSSR count). The van der Waals surface area contributed by atoms with Crippen molar-refractivity contribution in [2.75, 3.05) is 19.4 Å². The molecule has 1 aliphatic rings. The number of rotatable bonds is 4. The Kier molecular flexibility index (Phi) is 4.88. The number of anilines is 1. The van der Waals surface area contributed by atoms with E-state index in [0.29, 0.717) is 22.9 Å². The van der Waals surface area contributed by atoms with Crippen molar-refractivity contribution in [3.8, 4) is 5.75 Å². The van der Waals surface area contributed by atoms with Gasteiger partial charge in [0.1, 0.15) is 5.75 Å². The van der Waals surface area contributed by atoms with Crippen molar-refractivity contribution in [3.05, 3.63) is 23.8 Å². The van der Waals surface area contributed by atoms with Crippen molar-refractivity contribution >= 4 is 11.6 Å². The zero-order valence-electron chi connectivity index (χ0n) is 12.3. The van der Waals surface area contributed by atoms with Gasteiger partial charge in [-0.25, -0.2) is 0 Å². The smallest absolute Gasteiger partial charge is 0.251 e. The highest BCUT2D eigenvalue weighted by atomic mass is 16.5. The average Bonchev–Trinajstić information content (AvgIpc) is 2.44. The van der Waals surface area contributed by atoms with Crippen LogP contribution in [0, 0.1) is 11.8 Å². The number of hydrogen-bond acceptors (Lipinski definition) is 3. The molecule has 1 aromatic rings. The summed E-state index contributed by atoms with van der Waals surface area (Å²) in [7, 11) is 1.57. The molecule has 1 aliphatic carbocycles. The SMILES string of the molecule is COc1ccc(C(=O)NCC2CCCC(C)C2)cc1N. The van der Waals surface area contributed by atoms with Crippen LogP contribution >= 0.6 is 0 Å². The van der Waals surface area contributed by atoms with Crippen molar-refractivity contribution in [3.63, 3.8) is 0 Å². The van der Waals surface area contributed by atoms with Gasteiger partial charge in [0.25, 0.3) is 5.91 Å². The van der Waals surface area contributed by atoms with Gasteiger partial charge < -0.3 is 15.8 Å². The minimum absolute atomic E-state index is 0.0578. The van der Waals surface area contributed by atoms with E-state index in [1.165, 1.54) is 25.7 Å². The summed E-state index contributed by atoms with van der Waals surface area (Å²) in [5, 5.41) is 3.02. The van der Waals surface area contributed by atoms with Gasteiger partial charge in [-0.3, -0.25) is 4.79 Å². The van der Waals surface area contributed by atoms with Crippen LogP contribution < -0.4 is 15.8 Å². The lowest BCUT2D eigenvalue weighted by Gasteiger charge is -2.26. The summed E-state index contributed by atoms with van der Waals surface area (Å²) in [4.78, 5) is 12.1. The zero-order valence-corrected chi connectivity index (χ0v) is 12.3. The topological polar surface area (TPSA) is 64.3 Å². The van der Waals surface area contributed by atoms with E-state index in [1.807, 2.05) is 0 Å². The minimum atomic E-state index is -0.0578. The summed E-state index contributed by atoms with van der Waals surface area (Å²) in [5.41, 5.74) is 6.90.